The number of hydrogen-bond donors (Lipinski definition) is 1. The van der Waals surface area contributed by atoms with E-state index in [1.807, 2.05) is 36.1 Å². The van der Waals surface area contributed by atoms with Crippen molar-refractivity contribution in [3.63, 3.8) is 0 Å². The fraction of sp³-hybridized carbons (Fsp3) is 0.533. The molecular formula is C15H22BrClN2O. The van der Waals surface area contributed by atoms with Gasteiger partial charge in [-0.05, 0) is 43.4 Å². The van der Waals surface area contributed by atoms with Gasteiger partial charge in [-0.1, -0.05) is 28.1 Å². The number of nitrogens with zero attached hydrogens (tertiary/aromatic N) is 1. The van der Waals surface area contributed by atoms with Gasteiger partial charge in [0.25, 0.3) is 0 Å². The van der Waals surface area contributed by atoms with Gasteiger partial charge in [-0.25, -0.2) is 0 Å². The summed E-state index contributed by atoms with van der Waals surface area (Å²) in [5, 5.41) is 0. The smallest absolute Gasteiger partial charge is 0.227 e. The normalized spacial score (nSPS) is 20.1. The van der Waals surface area contributed by atoms with Crippen molar-refractivity contribution in [1.82, 2.24) is 4.90 Å². The highest BCUT2D eigenvalue weighted by Gasteiger charge is 2.25. The van der Waals surface area contributed by atoms with E-state index in [0.717, 1.165) is 36.0 Å². The number of carbonyl (C=O) groups is 1. The van der Waals surface area contributed by atoms with E-state index in [2.05, 4.69) is 15.9 Å². The summed E-state index contributed by atoms with van der Waals surface area (Å²) < 4.78 is 1.02. The van der Waals surface area contributed by atoms with Crippen molar-refractivity contribution in [3.05, 3.63) is 34.3 Å². The van der Waals surface area contributed by atoms with E-state index in [-0.39, 0.29) is 24.4 Å². The van der Waals surface area contributed by atoms with Crippen molar-refractivity contribution in [1.29, 1.82) is 0 Å². The molecule has 3 nitrogen and oxygen atoms in total. The molecule has 1 fully saturated rings. The molecule has 20 heavy (non-hydrogen) atoms. The lowest BCUT2D eigenvalue weighted by Gasteiger charge is -2.34. The van der Waals surface area contributed by atoms with Gasteiger partial charge in [-0.2, -0.15) is 0 Å². The van der Waals surface area contributed by atoms with Gasteiger partial charge in [0.1, 0.15) is 0 Å². The molecule has 2 atom stereocenters. The summed E-state index contributed by atoms with van der Waals surface area (Å²) in [6.07, 6.45) is 2.68. The van der Waals surface area contributed by atoms with Crippen molar-refractivity contribution in [3.8, 4) is 0 Å². The number of carbonyl (C=O) groups excluding carboxylic acids is 1. The zero-order valence-electron chi connectivity index (χ0n) is 11.7. The van der Waals surface area contributed by atoms with Crippen LogP contribution in [0.3, 0.4) is 0 Å². The quantitative estimate of drug-likeness (QED) is 0.899. The summed E-state index contributed by atoms with van der Waals surface area (Å²) >= 11 is 3.44. The molecule has 0 spiro atoms. The SMILES string of the molecule is CC(N)C1CCCN(C(=O)Cc2cccc(Br)c2)C1.Cl. The molecule has 1 aromatic rings. The maximum atomic E-state index is 12.3. The van der Waals surface area contributed by atoms with Gasteiger partial charge in [0, 0.05) is 23.6 Å². The van der Waals surface area contributed by atoms with E-state index < -0.39 is 0 Å². The minimum absolute atomic E-state index is 0. The number of nitrogens with two attached hydrogens (primary N) is 1. The molecule has 0 saturated carbocycles. The third-order valence-corrected chi connectivity index (χ3v) is 4.29. The van der Waals surface area contributed by atoms with Crippen molar-refractivity contribution in [2.24, 2.45) is 11.7 Å². The summed E-state index contributed by atoms with van der Waals surface area (Å²) in [5.41, 5.74) is 7.02. The minimum atomic E-state index is 0. The van der Waals surface area contributed by atoms with Crippen molar-refractivity contribution >= 4 is 34.2 Å². The fourth-order valence-electron chi connectivity index (χ4n) is 2.60. The van der Waals surface area contributed by atoms with Crippen LogP contribution in [0.1, 0.15) is 25.3 Å². The van der Waals surface area contributed by atoms with Gasteiger partial charge < -0.3 is 10.6 Å². The Morgan fingerprint density at radius 2 is 2.30 bits per heavy atom. The Balaban J connectivity index is 0.00000200. The second-order valence-electron chi connectivity index (χ2n) is 5.41. The molecule has 1 amide bonds. The molecule has 1 saturated heterocycles. The molecule has 2 rings (SSSR count). The van der Waals surface area contributed by atoms with Gasteiger partial charge in [0.2, 0.25) is 5.91 Å². The molecular weight excluding hydrogens is 340 g/mol. The van der Waals surface area contributed by atoms with Crippen LogP contribution in [0.25, 0.3) is 0 Å². The number of benzene rings is 1. The van der Waals surface area contributed by atoms with Gasteiger partial charge in [-0.3, -0.25) is 4.79 Å². The first-order chi connectivity index (χ1) is 9.06. The van der Waals surface area contributed by atoms with Gasteiger partial charge in [0.15, 0.2) is 0 Å². The second-order valence-corrected chi connectivity index (χ2v) is 6.32. The molecule has 0 aromatic heterocycles. The number of hydrogen-bond acceptors (Lipinski definition) is 2. The Morgan fingerprint density at radius 3 is 2.95 bits per heavy atom. The Bertz CT molecular complexity index is 453. The Hall–Kier alpha value is -0.580. The average molecular weight is 362 g/mol. The lowest BCUT2D eigenvalue weighted by molar-refractivity contribution is -0.132. The maximum absolute atomic E-state index is 12.3. The molecule has 1 aliphatic heterocycles. The molecule has 1 aliphatic rings. The monoisotopic (exact) mass is 360 g/mol. The molecule has 2 unspecified atom stereocenters. The van der Waals surface area contributed by atoms with Crippen LogP contribution in [0.5, 0.6) is 0 Å². The second kappa shape index (κ2) is 8.01. The number of likely N-dealkylation sites (tertiary alicyclic amines) is 1. The first kappa shape index (κ1) is 17.5. The molecule has 5 heteroatoms. The minimum Gasteiger partial charge on any atom is -0.342 e. The number of rotatable bonds is 3. The van der Waals surface area contributed by atoms with Crippen LogP contribution in [0.2, 0.25) is 0 Å². The van der Waals surface area contributed by atoms with Crippen LogP contribution >= 0.6 is 28.3 Å². The zero-order valence-corrected chi connectivity index (χ0v) is 14.1. The summed E-state index contributed by atoms with van der Waals surface area (Å²) in [5.74, 6) is 0.656. The summed E-state index contributed by atoms with van der Waals surface area (Å²) in [6, 6.07) is 8.11. The maximum Gasteiger partial charge on any atom is 0.227 e. The third kappa shape index (κ3) is 4.76. The van der Waals surface area contributed by atoms with E-state index in [0.29, 0.717) is 12.3 Å². The van der Waals surface area contributed by atoms with Crippen molar-refractivity contribution in [2.45, 2.75) is 32.2 Å². The van der Waals surface area contributed by atoms with E-state index in [9.17, 15) is 4.79 Å². The highest BCUT2D eigenvalue weighted by Crippen LogP contribution is 2.20. The summed E-state index contributed by atoms with van der Waals surface area (Å²) in [4.78, 5) is 14.3. The molecule has 0 bridgehead atoms. The number of halogens is 2. The van der Waals surface area contributed by atoms with Crippen LogP contribution in [-0.2, 0) is 11.2 Å². The van der Waals surface area contributed by atoms with E-state index in [4.69, 9.17) is 5.73 Å². The van der Waals surface area contributed by atoms with E-state index in [1.165, 1.54) is 0 Å². The largest absolute Gasteiger partial charge is 0.342 e. The highest BCUT2D eigenvalue weighted by atomic mass is 79.9. The van der Waals surface area contributed by atoms with E-state index >= 15 is 0 Å². The zero-order chi connectivity index (χ0) is 13.8. The van der Waals surface area contributed by atoms with Crippen molar-refractivity contribution in [2.75, 3.05) is 13.1 Å². The summed E-state index contributed by atoms with van der Waals surface area (Å²) in [6.45, 7) is 3.72. The van der Waals surface area contributed by atoms with Crippen LogP contribution in [0.4, 0.5) is 0 Å². The lowest BCUT2D eigenvalue weighted by atomic mass is 9.92. The number of piperidine rings is 1. The van der Waals surface area contributed by atoms with Crippen molar-refractivity contribution < 1.29 is 4.79 Å². The highest BCUT2D eigenvalue weighted by molar-refractivity contribution is 9.10. The first-order valence-corrected chi connectivity index (χ1v) is 7.63. The van der Waals surface area contributed by atoms with Gasteiger partial charge in [0.05, 0.1) is 6.42 Å². The Kier molecular flexibility index (Phi) is 7.00. The van der Waals surface area contributed by atoms with Gasteiger partial charge in [-0.15, -0.1) is 12.4 Å². The molecule has 1 aromatic carbocycles. The molecule has 1 heterocycles. The molecule has 2 N–H and O–H groups in total. The summed E-state index contributed by atoms with van der Waals surface area (Å²) in [7, 11) is 0. The predicted molar refractivity (Wildman–Crippen MR) is 88.0 cm³/mol. The predicted octanol–water partition coefficient (Wildman–Crippen LogP) is 3.00. The van der Waals surface area contributed by atoms with Crippen LogP contribution in [0, 0.1) is 5.92 Å². The first-order valence-electron chi connectivity index (χ1n) is 6.84. The van der Waals surface area contributed by atoms with Crippen LogP contribution in [-0.4, -0.2) is 29.9 Å². The van der Waals surface area contributed by atoms with Crippen LogP contribution < -0.4 is 5.73 Å². The average Bonchev–Trinajstić information content (AvgIpc) is 2.39. The van der Waals surface area contributed by atoms with E-state index in [1.54, 1.807) is 0 Å². The Labute approximate surface area is 135 Å². The topological polar surface area (TPSA) is 46.3 Å². The number of amides is 1. The fourth-order valence-corrected chi connectivity index (χ4v) is 3.05. The van der Waals surface area contributed by atoms with Gasteiger partial charge >= 0.3 is 0 Å². The molecule has 0 aliphatic carbocycles. The standard InChI is InChI=1S/C15H21BrN2O.ClH/c1-11(17)13-5-3-7-18(10-13)15(19)9-12-4-2-6-14(16)8-12;/h2,4,6,8,11,13H,3,5,7,9-10,17H2,1H3;1H. The third-order valence-electron chi connectivity index (χ3n) is 3.80. The lowest BCUT2D eigenvalue weighted by Crippen LogP contribution is -2.45. The molecule has 0 radical (unpaired) electrons. The molecule has 112 valence electrons. The van der Waals surface area contributed by atoms with Crippen LogP contribution in [0.15, 0.2) is 28.7 Å². The Morgan fingerprint density at radius 1 is 1.55 bits per heavy atom.